The highest BCUT2D eigenvalue weighted by Gasteiger charge is 2.13. The van der Waals surface area contributed by atoms with Crippen molar-refractivity contribution >= 4 is 22.9 Å². The molecule has 1 aliphatic rings. The second kappa shape index (κ2) is 4.72. The molecule has 0 radical (unpaired) electrons. The Balaban J connectivity index is 1.92. The summed E-state index contributed by atoms with van der Waals surface area (Å²) >= 11 is 7.30. The lowest BCUT2D eigenvalue weighted by Crippen LogP contribution is -1.84. The van der Waals surface area contributed by atoms with Crippen LogP contribution in [-0.4, -0.2) is 16.1 Å². The van der Waals surface area contributed by atoms with Gasteiger partial charge in [0.25, 0.3) is 0 Å². The number of aromatic nitrogens is 2. The van der Waals surface area contributed by atoms with Crippen molar-refractivity contribution < 1.29 is 4.74 Å². The Morgan fingerprint density at radius 3 is 3.00 bits per heavy atom. The monoisotopic (exact) mass is 266 g/mol. The van der Waals surface area contributed by atoms with Crippen LogP contribution in [0.15, 0.2) is 18.2 Å². The number of hydrogen-bond donors (Lipinski definition) is 0. The van der Waals surface area contributed by atoms with Crippen LogP contribution in [0.4, 0.5) is 0 Å². The van der Waals surface area contributed by atoms with Crippen molar-refractivity contribution in [3.05, 3.63) is 34.3 Å². The third-order valence-corrected chi connectivity index (χ3v) is 3.96. The average Bonchev–Trinajstić information content (AvgIpc) is 2.96. The summed E-state index contributed by atoms with van der Waals surface area (Å²) in [7, 11) is 0. The molecular formula is C12H11ClN2OS. The van der Waals surface area contributed by atoms with E-state index in [-0.39, 0.29) is 0 Å². The molecule has 0 saturated heterocycles. The zero-order valence-electron chi connectivity index (χ0n) is 9.15. The lowest BCUT2D eigenvalue weighted by atomic mass is 10.1. The summed E-state index contributed by atoms with van der Waals surface area (Å²) in [6.45, 7) is 1.43. The van der Waals surface area contributed by atoms with Crippen molar-refractivity contribution in [1.29, 1.82) is 0 Å². The molecule has 0 unspecified atom stereocenters. The molecule has 0 atom stereocenters. The van der Waals surface area contributed by atoms with Gasteiger partial charge in [0.1, 0.15) is 10.0 Å². The van der Waals surface area contributed by atoms with E-state index in [0.717, 1.165) is 28.6 Å². The molecule has 2 heterocycles. The molecule has 0 fully saturated rings. The van der Waals surface area contributed by atoms with E-state index in [0.29, 0.717) is 12.5 Å². The number of aryl methyl sites for hydroxylation is 1. The maximum atomic E-state index is 5.69. The Labute approximate surface area is 108 Å². The minimum atomic E-state index is 0.590. The van der Waals surface area contributed by atoms with E-state index in [1.54, 1.807) is 11.3 Å². The number of ether oxygens (including phenoxy) is 1. The zero-order valence-corrected chi connectivity index (χ0v) is 10.7. The first-order chi connectivity index (χ1) is 8.36. The Bertz CT molecular complexity index is 541. The molecule has 0 aliphatic carbocycles. The normalized spacial score (nSPS) is 13.9. The first kappa shape index (κ1) is 11.1. The van der Waals surface area contributed by atoms with Gasteiger partial charge in [0.15, 0.2) is 0 Å². The van der Waals surface area contributed by atoms with Gasteiger partial charge in [-0.05, 0) is 17.2 Å². The van der Waals surface area contributed by atoms with Crippen LogP contribution in [0.5, 0.6) is 0 Å². The third kappa shape index (κ3) is 2.20. The fourth-order valence-corrected chi connectivity index (χ4v) is 2.98. The topological polar surface area (TPSA) is 35.0 Å². The van der Waals surface area contributed by atoms with Crippen LogP contribution < -0.4 is 0 Å². The number of halogens is 1. The predicted octanol–water partition coefficient (Wildman–Crippen LogP) is 3.02. The number of nitrogens with zero attached hydrogens (tertiary/aromatic N) is 2. The third-order valence-electron chi connectivity index (χ3n) is 2.74. The van der Waals surface area contributed by atoms with Gasteiger partial charge >= 0.3 is 0 Å². The summed E-state index contributed by atoms with van der Waals surface area (Å²) in [6.07, 6.45) is 0.785. The van der Waals surface area contributed by atoms with Crippen molar-refractivity contribution in [3.63, 3.8) is 0 Å². The van der Waals surface area contributed by atoms with Crippen LogP contribution in [0.1, 0.15) is 16.1 Å². The number of fused-ring (bicyclic) bond motifs is 1. The van der Waals surface area contributed by atoms with Crippen molar-refractivity contribution in [2.75, 3.05) is 5.88 Å². The second-order valence-electron chi connectivity index (χ2n) is 3.92. The van der Waals surface area contributed by atoms with E-state index in [4.69, 9.17) is 16.3 Å². The maximum Gasteiger partial charge on any atom is 0.147 e. The molecule has 0 spiro atoms. The SMILES string of the molecule is ClCCc1nnc(-c2ccc3c(c2)COC3)s1. The van der Waals surface area contributed by atoms with Gasteiger partial charge in [-0.1, -0.05) is 23.5 Å². The first-order valence-corrected chi connectivity index (χ1v) is 6.80. The van der Waals surface area contributed by atoms with E-state index in [9.17, 15) is 0 Å². The molecule has 3 rings (SSSR count). The number of alkyl halides is 1. The minimum Gasteiger partial charge on any atom is -0.372 e. The lowest BCUT2D eigenvalue weighted by molar-refractivity contribution is 0.134. The molecule has 5 heteroatoms. The van der Waals surface area contributed by atoms with Crippen LogP contribution >= 0.6 is 22.9 Å². The highest BCUT2D eigenvalue weighted by molar-refractivity contribution is 7.14. The number of rotatable bonds is 3. The molecule has 88 valence electrons. The summed E-state index contributed by atoms with van der Waals surface area (Å²) in [5.41, 5.74) is 3.66. The van der Waals surface area contributed by atoms with E-state index in [1.807, 2.05) is 0 Å². The molecule has 17 heavy (non-hydrogen) atoms. The quantitative estimate of drug-likeness (QED) is 0.801. The standard InChI is InChI=1S/C12H11ClN2OS/c13-4-3-11-14-15-12(17-11)8-1-2-9-6-16-7-10(9)5-8/h1-2,5H,3-4,6-7H2. The fourth-order valence-electron chi connectivity index (χ4n) is 1.86. The van der Waals surface area contributed by atoms with Crippen LogP contribution in [0, 0.1) is 0 Å². The van der Waals surface area contributed by atoms with Gasteiger partial charge in [-0.15, -0.1) is 21.8 Å². The first-order valence-electron chi connectivity index (χ1n) is 5.45. The van der Waals surface area contributed by atoms with Gasteiger partial charge in [-0.2, -0.15) is 0 Å². The smallest absolute Gasteiger partial charge is 0.147 e. The van der Waals surface area contributed by atoms with E-state index in [1.165, 1.54) is 11.1 Å². The fraction of sp³-hybridized carbons (Fsp3) is 0.333. The van der Waals surface area contributed by atoms with Crippen LogP contribution in [0.3, 0.4) is 0 Å². The summed E-state index contributed by atoms with van der Waals surface area (Å²) in [4.78, 5) is 0. The highest BCUT2D eigenvalue weighted by atomic mass is 35.5. The Morgan fingerprint density at radius 2 is 2.12 bits per heavy atom. The summed E-state index contributed by atoms with van der Waals surface area (Å²) in [6, 6.07) is 6.34. The summed E-state index contributed by atoms with van der Waals surface area (Å²) < 4.78 is 5.40. The molecule has 0 amide bonds. The van der Waals surface area contributed by atoms with Crippen LogP contribution in [0.25, 0.3) is 10.6 Å². The summed E-state index contributed by atoms with van der Waals surface area (Å²) in [5.74, 6) is 0.590. The Morgan fingerprint density at radius 1 is 1.24 bits per heavy atom. The van der Waals surface area contributed by atoms with Crippen molar-refractivity contribution in [2.45, 2.75) is 19.6 Å². The van der Waals surface area contributed by atoms with Gasteiger partial charge in [-0.25, -0.2) is 0 Å². The van der Waals surface area contributed by atoms with Crippen LogP contribution in [0.2, 0.25) is 0 Å². The molecule has 0 N–H and O–H groups in total. The van der Waals surface area contributed by atoms with E-state index in [2.05, 4.69) is 28.4 Å². The summed E-state index contributed by atoms with van der Waals surface area (Å²) in [5, 5.41) is 10.3. The molecule has 2 aromatic rings. The predicted molar refractivity (Wildman–Crippen MR) is 68.3 cm³/mol. The van der Waals surface area contributed by atoms with E-state index < -0.39 is 0 Å². The average molecular weight is 267 g/mol. The van der Waals surface area contributed by atoms with Gasteiger partial charge < -0.3 is 4.74 Å². The van der Waals surface area contributed by atoms with E-state index >= 15 is 0 Å². The number of hydrogen-bond acceptors (Lipinski definition) is 4. The Hall–Kier alpha value is -0.970. The van der Waals surface area contributed by atoms with Gasteiger partial charge in [-0.3, -0.25) is 0 Å². The molecular weight excluding hydrogens is 256 g/mol. The van der Waals surface area contributed by atoms with Gasteiger partial charge in [0.2, 0.25) is 0 Å². The molecule has 1 aromatic carbocycles. The van der Waals surface area contributed by atoms with Crippen molar-refractivity contribution in [2.24, 2.45) is 0 Å². The maximum absolute atomic E-state index is 5.69. The van der Waals surface area contributed by atoms with Gasteiger partial charge in [0.05, 0.1) is 13.2 Å². The minimum absolute atomic E-state index is 0.590. The second-order valence-corrected chi connectivity index (χ2v) is 5.36. The van der Waals surface area contributed by atoms with Crippen molar-refractivity contribution in [3.8, 4) is 10.6 Å². The highest BCUT2D eigenvalue weighted by Crippen LogP contribution is 2.28. The molecule has 3 nitrogen and oxygen atoms in total. The molecule has 1 aromatic heterocycles. The molecule has 0 bridgehead atoms. The van der Waals surface area contributed by atoms with Crippen molar-refractivity contribution in [1.82, 2.24) is 10.2 Å². The lowest BCUT2D eigenvalue weighted by Gasteiger charge is -1.99. The zero-order chi connectivity index (χ0) is 11.7. The van der Waals surface area contributed by atoms with Crippen LogP contribution in [-0.2, 0) is 24.4 Å². The molecule has 0 saturated carbocycles. The Kier molecular flexibility index (Phi) is 3.09. The molecule has 1 aliphatic heterocycles. The number of benzene rings is 1. The largest absolute Gasteiger partial charge is 0.372 e. The van der Waals surface area contributed by atoms with Gasteiger partial charge in [0, 0.05) is 17.9 Å².